The Labute approximate surface area is 194 Å². The number of anilines is 2. The van der Waals surface area contributed by atoms with E-state index in [9.17, 15) is 4.79 Å². The van der Waals surface area contributed by atoms with Gasteiger partial charge >= 0.3 is 0 Å². The Balaban J connectivity index is 1.38. The molecule has 3 heterocycles. The molecule has 1 fully saturated rings. The van der Waals surface area contributed by atoms with Gasteiger partial charge in [0, 0.05) is 9.35 Å². The SMILES string of the molecule is O=C(CNc1nc(C[NH+]2CCCCC2)nc2sc3c(c12)CCC3)Nc1ccccc1Br. The third-order valence-corrected chi connectivity index (χ3v) is 8.02. The largest absolute Gasteiger partial charge is 0.360 e. The van der Waals surface area contributed by atoms with Crippen LogP contribution in [0.3, 0.4) is 0 Å². The molecular weight excluding hydrogens is 474 g/mol. The lowest BCUT2D eigenvalue weighted by Gasteiger charge is -2.23. The minimum atomic E-state index is -0.0891. The van der Waals surface area contributed by atoms with E-state index in [-0.39, 0.29) is 12.5 Å². The van der Waals surface area contributed by atoms with Gasteiger partial charge in [0.2, 0.25) is 5.91 Å². The van der Waals surface area contributed by atoms with Crippen LogP contribution in [0.5, 0.6) is 0 Å². The molecule has 162 valence electrons. The molecule has 1 aliphatic carbocycles. The summed E-state index contributed by atoms with van der Waals surface area (Å²) in [6.07, 6.45) is 7.30. The summed E-state index contributed by atoms with van der Waals surface area (Å²) in [5, 5.41) is 7.43. The number of aryl methyl sites for hydroxylation is 2. The van der Waals surface area contributed by atoms with Crippen LogP contribution < -0.4 is 15.5 Å². The van der Waals surface area contributed by atoms with E-state index in [1.807, 2.05) is 35.6 Å². The highest BCUT2D eigenvalue weighted by Crippen LogP contribution is 2.39. The van der Waals surface area contributed by atoms with Crippen LogP contribution in [0.25, 0.3) is 10.2 Å². The molecule has 3 N–H and O–H groups in total. The van der Waals surface area contributed by atoms with Crippen molar-refractivity contribution in [2.75, 3.05) is 30.3 Å². The van der Waals surface area contributed by atoms with Crippen molar-refractivity contribution in [1.29, 1.82) is 0 Å². The summed E-state index contributed by atoms with van der Waals surface area (Å²) in [7, 11) is 0. The van der Waals surface area contributed by atoms with Crippen LogP contribution in [-0.4, -0.2) is 35.5 Å². The number of hydrogen-bond acceptors (Lipinski definition) is 5. The summed E-state index contributed by atoms with van der Waals surface area (Å²) in [4.78, 5) is 26.5. The molecule has 5 rings (SSSR count). The van der Waals surface area contributed by atoms with Crippen LogP contribution in [0.2, 0.25) is 0 Å². The van der Waals surface area contributed by atoms with Crippen molar-refractivity contribution in [2.24, 2.45) is 0 Å². The molecule has 1 aliphatic heterocycles. The molecule has 1 amide bonds. The normalized spacial score (nSPS) is 16.4. The number of thiophene rings is 1. The smallest absolute Gasteiger partial charge is 0.243 e. The summed E-state index contributed by atoms with van der Waals surface area (Å²) in [5.74, 6) is 1.62. The van der Waals surface area contributed by atoms with E-state index in [0.29, 0.717) is 0 Å². The van der Waals surface area contributed by atoms with Gasteiger partial charge in [0.25, 0.3) is 0 Å². The van der Waals surface area contributed by atoms with E-state index in [1.54, 1.807) is 4.90 Å². The van der Waals surface area contributed by atoms with Gasteiger partial charge in [-0.15, -0.1) is 11.3 Å². The number of para-hydroxylation sites is 1. The average molecular weight is 501 g/mol. The number of carbonyl (C=O) groups is 1. The van der Waals surface area contributed by atoms with Gasteiger partial charge in [-0.2, -0.15) is 0 Å². The third-order valence-electron chi connectivity index (χ3n) is 6.14. The second-order valence-corrected chi connectivity index (χ2v) is 10.3. The molecule has 1 aromatic carbocycles. The number of quaternary nitrogens is 1. The maximum atomic E-state index is 12.6. The van der Waals surface area contributed by atoms with Gasteiger partial charge in [-0.1, -0.05) is 12.1 Å². The summed E-state index contributed by atoms with van der Waals surface area (Å²) in [6.45, 7) is 3.42. The summed E-state index contributed by atoms with van der Waals surface area (Å²) in [6, 6.07) is 7.64. The van der Waals surface area contributed by atoms with Crippen LogP contribution in [-0.2, 0) is 24.2 Å². The molecule has 2 aliphatic rings. The Morgan fingerprint density at radius 2 is 1.94 bits per heavy atom. The topological polar surface area (TPSA) is 71.3 Å². The molecule has 0 radical (unpaired) electrons. The maximum absolute atomic E-state index is 12.6. The van der Waals surface area contributed by atoms with Crippen molar-refractivity contribution in [3.05, 3.63) is 45.0 Å². The molecule has 31 heavy (non-hydrogen) atoms. The van der Waals surface area contributed by atoms with Crippen molar-refractivity contribution in [2.45, 2.75) is 45.1 Å². The molecule has 8 heteroatoms. The molecule has 0 spiro atoms. The molecule has 0 atom stereocenters. The lowest BCUT2D eigenvalue weighted by atomic mass is 10.1. The number of hydrogen-bond donors (Lipinski definition) is 3. The Morgan fingerprint density at radius 3 is 2.77 bits per heavy atom. The molecule has 0 saturated carbocycles. The fourth-order valence-corrected chi connectivity index (χ4v) is 6.28. The van der Waals surface area contributed by atoms with Crippen LogP contribution in [0.15, 0.2) is 28.7 Å². The zero-order chi connectivity index (χ0) is 21.2. The van der Waals surface area contributed by atoms with E-state index >= 15 is 0 Å². The van der Waals surface area contributed by atoms with E-state index in [1.165, 1.54) is 49.2 Å². The zero-order valence-electron chi connectivity index (χ0n) is 17.5. The molecule has 0 unspecified atom stereocenters. The van der Waals surface area contributed by atoms with Crippen LogP contribution in [0, 0.1) is 0 Å². The van der Waals surface area contributed by atoms with E-state index in [2.05, 4.69) is 26.6 Å². The van der Waals surface area contributed by atoms with Gasteiger partial charge in [0.15, 0.2) is 5.82 Å². The molecular formula is C23H27BrN5OS+. The number of benzene rings is 1. The number of carbonyl (C=O) groups excluding carboxylic acids is 1. The number of piperidine rings is 1. The Morgan fingerprint density at radius 1 is 1.10 bits per heavy atom. The summed E-state index contributed by atoms with van der Waals surface area (Å²) < 4.78 is 0.871. The Hall–Kier alpha value is -2.03. The van der Waals surface area contributed by atoms with Crippen molar-refractivity contribution < 1.29 is 9.69 Å². The molecule has 1 saturated heterocycles. The Kier molecular flexibility index (Phi) is 6.20. The molecule has 0 bridgehead atoms. The maximum Gasteiger partial charge on any atom is 0.243 e. The van der Waals surface area contributed by atoms with Gasteiger partial charge < -0.3 is 15.5 Å². The highest BCUT2D eigenvalue weighted by atomic mass is 79.9. The average Bonchev–Trinajstić information content (AvgIpc) is 3.35. The van der Waals surface area contributed by atoms with E-state index < -0.39 is 0 Å². The fourth-order valence-electron chi connectivity index (χ4n) is 4.62. The minimum absolute atomic E-state index is 0.0891. The first-order valence-corrected chi connectivity index (χ1v) is 12.7. The zero-order valence-corrected chi connectivity index (χ0v) is 19.9. The third kappa shape index (κ3) is 4.61. The second kappa shape index (κ2) is 9.22. The first-order valence-electron chi connectivity index (χ1n) is 11.1. The first-order chi connectivity index (χ1) is 15.2. The lowest BCUT2D eigenvalue weighted by Crippen LogP contribution is -3.11. The quantitative estimate of drug-likeness (QED) is 0.483. The number of amides is 1. The second-order valence-electron chi connectivity index (χ2n) is 8.39. The number of aromatic nitrogens is 2. The summed E-state index contributed by atoms with van der Waals surface area (Å²) >= 11 is 5.29. The number of fused-ring (bicyclic) bond motifs is 3. The molecule has 3 aromatic rings. The van der Waals surface area contributed by atoms with Crippen LogP contribution in [0.1, 0.15) is 41.9 Å². The minimum Gasteiger partial charge on any atom is -0.360 e. The highest BCUT2D eigenvalue weighted by molar-refractivity contribution is 9.10. The number of rotatable bonds is 6. The number of likely N-dealkylation sites (tertiary alicyclic amines) is 1. The fraction of sp³-hybridized carbons (Fsp3) is 0.435. The monoisotopic (exact) mass is 500 g/mol. The standard InChI is InChI=1S/C23H26BrN5OS/c24-16-8-2-3-9-17(16)26-20(30)13-25-22-21-15-7-6-10-18(15)31-23(21)28-19(27-22)14-29-11-4-1-5-12-29/h2-3,8-9H,1,4-7,10-14H2,(H,26,30)(H,25,27,28)/p+1. The predicted molar refractivity (Wildman–Crippen MR) is 129 cm³/mol. The summed E-state index contributed by atoms with van der Waals surface area (Å²) in [5.41, 5.74) is 2.15. The van der Waals surface area contributed by atoms with Gasteiger partial charge in [-0.05, 0) is 72.2 Å². The number of nitrogens with one attached hydrogen (secondary N) is 3. The predicted octanol–water partition coefficient (Wildman–Crippen LogP) is 3.56. The van der Waals surface area contributed by atoms with Gasteiger partial charge in [0.1, 0.15) is 17.2 Å². The van der Waals surface area contributed by atoms with Gasteiger partial charge in [-0.25, -0.2) is 9.97 Å². The van der Waals surface area contributed by atoms with Gasteiger partial charge in [0.05, 0.1) is 30.7 Å². The van der Waals surface area contributed by atoms with Crippen LogP contribution in [0.4, 0.5) is 11.5 Å². The van der Waals surface area contributed by atoms with Crippen molar-refractivity contribution >= 4 is 54.9 Å². The van der Waals surface area contributed by atoms with Crippen molar-refractivity contribution in [3.63, 3.8) is 0 Å². The lowest BCUT2D eigenvalue weighted by molar-refractivity contribution is -0.919. The van der Waals surface area contributed by atoms with Gasteiger partial charge in [-0.3, -0.25) is 4.79 Å². The van der Waals surface area contributed by atoms with E-state index in [0.717, 1.165) is 51.4 Å². The van der Waals surface area contributed by atoms with Crippen LogP contribution >= 0.6 is 27.3 Å². The number of nitrogens with zero attached hydrogens (tertiary/aromatic N) is 2. The van der Waals surface area contributed by atoms with E-state index in [4.69, 9.17) is 9.97 Å². The first kappa shape index (κ1) is 20.8. The molecule has 6 nitrogen and oxygen atoms in total. The number of halogens is 1. The molecule has 2 aromatic heterocycles. The Bertz CT molecular complexity index is 1110. The van der Waals surface area contributed by atoms with Crippen molar-refractivity contribution in [3.8, 4) is 0 Å². The van der Waals surface area contributed by atoms with Crippen molar-refractivity contribution in [1.82, 2.24) is 9.97 Å². The highest BCUT2D eigenvalue weighted by Gasteiger charge is 2.24.